The van der Waals surface area contributed by atoms with Gasteiger partial charge in [0.2, 0.25) is 0 Å². The van der Waals surface area contributed by atoms with Crippen molar-refractivity contribution in [1.29, 1.82) is 0 Å². The fourth-order valence-corrected chi connectivity index (χ4v) is 9.47. The Bertz CT molecular complexity index is 704. The molecule has 0 spiro atoms. The Morgan fingerprint density at radius 2 is 1.52 bits per heavy atom. The van der Waals surface area contributed by atoms with Gasteiger partial charge < -0.3 is 9.16 Å². The maximum Gasteiger partial charge on any atom is 0.261 e. The third-order valence-corrected chi connectivity index (χ3v) is 12.2. The minimum absolute atomic E-state index is 0.0202. The highest BCUT2D eigenvalue weighted by molar-refractivity contribution is 14.1. The summed E-state index contributed by atoms with van der Waals surface area (Å²) in [5.41, 5.74) is 0.0226. The molecule has 1 heterocycles. The van der Waals surface area contributed by atoms with E-state index in [0.717, 1.165) is 11.0 Å². The molecule has 4 heteroatoms. The largest absolute Gasteiger partial charge is 0.407 e. The molecule has 2 nitrogen and oxygen atoms in total. The molecule has 3 rings (SSSR count). The predicted octanol–water partition coefficient (Wildman–Crippen LogP) is 4.79. The van der Waals surface area contributed by atoms with Crippen LogP contribution in [0, 0.1) is 5.92 Å². The van der Waals surface area contributed by atoms with Crippen LogP contribution in [0.15, 0.2) is 60.7 Å². The molecular formula is C23H31IO2Si. The Morgan fingerprint density at radius 3 is 1.89 bits per heavy atom. The summed E-state index contributed by atoms with van der Waals surface area (Å²) in [6.45, 7) is 12.2. The fourth-order valence-electron chi connectivity index (χ4n) is 4.19. The van der Waals surface area contributed by atoms with Crippen molar-refractivity contribution in [3.63, 3.8) is 0 Å². The predicted molar refractivity (Wildman–Crippen MR) is 125 cm³/mol. The molecule has 0 aliphatic carbocycles. The number of benzene rings is 2. The Balaban J connectivity index is 1.97. The van der Waals surface area contributed by atoms with E-state index in [2.05, 4.69) is 118 Å². The van der Waals surface area contributed by atoms with Gasteiger partial charge in [-0.15, -0.1) is 0 Å². The van der Waals surface area contributed by atoms with E-state index in [0.29, 0.717) is 12.0 Å². The van der Waals surface area contributed by atoms with Gasteiger partial charge in [0, 0.05) is 17.0 Å². The van der Waals surface area contributed by atoms with E-state index < -0.39 is 8.32 Å². The second-order valence-corrected chi connectivity index (χ2v) is 14.0. The van der Waals surface area contributed by atoms with Gasteiger partial charge in [0.25, 0.3) is 8.32 Å². The summed E-state index contributed by atoms with van der Waals surface area (Å²) < 4.78 is 14.1. The summed E-state index contributed by atoms with van der Waals surface area (Å²) in [5.74, 6) is 0.381. The zero-order valence-electron chi connectivity index (χ0n) is 17.0. The summed E-state index contributed by atoms with van der Waals surface area (Å²) in [4.78, 5) is 0. The summed E-state index contributed by atoms with van der Waals surface area (Å²) in [6.07, 6.45) is 0.299. The maximum absolute atomic E-state index is 7.02. The highest BCUT2D eigenvalue weighted by atomic mass is 127. The lowest BCUT2D eigenvalue weighted by Crippen LogP contribution is -2.67. The van der Waals surface area contributed by atoms with Crippen LogP contribution in [0.1, 0.15) is 34.6 Å². The first-order valence-corrected chi connectivity index (χ1v) is 13.2. The van der Waals surface area contributed by atoms with Crippen LogP contribution in [0.3, 0.4) is 0 Å². The topological polar surface area (TPSA) is 21.8 Å². The van der Waals surface area contributed by atoms with Crippen LogP contribution in [0.2, 0.25) is 5.04 Å². The first kappa shape index (κ1) is 21.0. The second-order valence-electron chi connectivity index (χ2n) is 8.94. The quantitative estimate of drug-likeness (QED) is 0.239. The lowest BCUT2D eigenvalue weighted by Gasteiger charge is -2.43. The third kappa shape index (κ3) is 4.04. The van der Waals surface area contributed by atoms with Gasteiger partial charge in [0.05, 0.1) is 6.10 Å². The van der Waals surface area contributed by atoms with Gasteiger partial charge in [0.15, 0.2) is 0 Å². The van der Waals surface area contributed by atoms with Gasteiger partial charge in [0.1, 0.15) is 5.60 Å². The molecule has 0 amide bonds. The molecule has 0 aromatic heterocycles. The van der Waals surface area contributed by atoms with Crippen molar-refractivity contribution in [3.8, 4) is 0 Å². The molecule has 2 aromatic carbocycles. The Kier molecular flexibility index (Phi) is 6.21. The Hall–Kier alpha value is -0.693. The van der Waals surface area contributed by atoms with Crippen LogP contribution in [0.4, 0.5) is 0 Å². The third-order valence-electron chi connectivity index (χ3n) is 5.70. The first-order chi connectivity index (χ1) is 12.7. The van der Waals surface area contributed by atoms with E-state index in [1.54, 1.807) is 0 Å². The van der Waals surface area contributed by atoms with Crippen LogP contribution < -0.4 is 10.4 Å². The van der Waals surface area contributed by atoms with Gasteiger partial charge in [-0.1, -0.05) is 111 Å². The molecule has 1 aliphatic rings. The minimum atomic E-state index is -2.44. The number of hydrogen-bond acceptors (Lipinski definition) is 2. The highest BCUT2D eigenvalue weighted by Gasteiger charge is 2.55. The van der Waals surface area contributed by atoms with Crippen LogP contribution in [-0.2, 0) is 9.16 Å². The van der Waals surface area contributed by atoms with Gasteiger partial charge in [-0.05, 0) is 22.3 Å². The van der Waals surface area contributed by atoms with Crippen molar-refractivity contribution >= 4 is 41.3 Å². The normalized spacial score (nSPS) is 23.9. The molecule has 0 unspecified atom stereocenters. The van der Waals surface area contributed by atoms with Crippen molar-refractivity contribution in [2.45, 2.75) is 51.4 Å². The van der Waals surface area contributed by atoms with E-state index in [9.17, 15) is 0 Å². The van der Waals surface area contributed by atoms with E-state index in [1.807, 2.05) is 0 Å². The standard InChI is InChI=1S/C23H31IO2Si/c1-18(21-23(5,17-24)26-21)16-25-27(22(2,3)4,19-12-8-6-9-13-19)20-14-10-7-11-15-20/h6-15,18,21H,16-17H2,1-5H3/t18-,21+,23+/m0/s1. The summed E-state index contributed by atoms with van der Waals surface area (Å²) in [5, 5.41) is 2.69. The fraction of sp³-hybridized carbons (Fsp3) is 0.478. The molecule has 0 N–H and O–H groups in total. The van der Waals surface area contributed by atoms with E-state index in [-0.39, 0.29) is 10.6 Å². The van der Waals surface area contributed by atoms with Crippen LogP contribution in [-0.4, -0.2) is 31.1 Å². The number of hydrogen-bond donors (Lipinski definition) is 0. The highest BCUT2D eigenvalue weighted by Crippen LogP contribution is 2.43. The lowest BCUT2D eigenvalue weighted by molar-refractivity contribution is 0.210. The van der Waals surface area contributed by atoms with E-state index in [1.165, 1.54) is 10.4 Å². The van der Waals surface area contributed by atoms with Gasteiger partial charge >= 0.3 is 0 Å². The molecule has 0 saturated carbocycles. The summed E-state index contributed by atoms with van der Waals surface area (Å²) in [6, 6.07) is 21.7. The van der Waals surface area contributed by atoms with Crippen molar-refractivity contribution in [2.75, 3.05) is 11.0 Å². The Labute approximate surface area is 178 Å². The molecule has 0 bridgehead atoms. The van der Waals surface area contributed by atoms with Gasteiger partial charge in [-0.2, -0.15) is 0 Å². The van der Waals surface area contributed by atoms with Gasteiger partial charge in [-0.3, -0.25) is 0 Å². The molecular weight excluding hydrogens is 463 g/mol. The maximum atomic E-state index is 7.02. The average molecular weight is 494 g/mol. The molecule has 1 saturated heterocycles. The zero-order valence-corrected chi connectivity index (χ0v) is 20.2. The summed E-state index contributed by atoms with van der Waals surface area (Å²) in [7, 11) is -2.44. The van der Waals surface area contributed by atoms with Crippen LogP contribution in [0.5, 0.6) is 0 Å². The van der Waals surface area contributed by atoms with Crippen molar-refractivity contribution in [2.24, 2.45) is 5.92 Å². The monoisotopic (exact) mass is 494 g/mol. The molecule has 2 aromatic rings. The molecule has 1 fully saturated rings. The number of alkyl halides is 1. The molecule has 27 heavy (non-hydrogen) atoms. The van der Waals surface area contributed by atoms with Crippen molar-refractivity contribution < 1.29 is 9.16 Å². The Morgan fingerprint density at radius 1 is 1.04 bits per heavy atom. The van der Waals surface area contributed by atoms with E-state index >= 15 is 0 Å². The molecule has 1 aliphatic heterocycles. The number of rotatable bonds is 7. The van der Waals surface area contributed by atoms with E-state index in [4.69, 9.17) is 9.16 Å². The minimum Gasteiger partial charge on any atom is -0.407 e. The average Bonchev–Trinajstić information content (AvgIpc) is 3.35. The molecule has 146 valence electrons. The molecule has 0 radical (unpaired) electrons. The number of epoxide rings is 1. The number of halogens is 1. The smallest absolute Gasteiger partial charge is 0.261 e. The number of ether oxygens (including phenoxy) is 1. The zero-order chi connectivity index (χ0) is 19.7. The molecule has 3 atom stereocenters. The summed E-state index contributed by atoms with van der Waals surface area (Å²) >= 11 is 2.42. The second kappa shape index (κ2) is 7.97. The first-order valence-electron chi connectivity index (χ1n) is 9.73. The SMILES string of the molecule is C[C@@H](CO[Si](c1ccccc1)(c1ccccc1)C(C)(C)C)[C@H]1O[C@]1(C)CI. The van der Waals surface area contributed by atoms with Crippen molar-refractivity contribution in [3.05, 3.63) is 60.7 Å². The van der Waals surface area contributed by atoms with Crippen LogP contribution in [0.25, 0.3) is 0 Å². The van der Waals surface area contributed by atoms with Crippen molar-refractivity contribution in [1.82, 2.24) is 0 Å². The lowest BCUT2D eigenvalue weighted by atomic mass is 10.0. The van der Waals surface area contributed by atoms with Crippen LogP contribution >= 0.6 is 22.6 Å². The van der Waals surface area contributed by atoms with Gasteiger partial charge in [-0.25, -0.2) is 0 Å².